The van der Waals surface area contributed by atoms with Gasteiger partial charge in [-0.3, -0.25) is 0 Å². The number of hydrogen-bond donors (Lipinski definition) is 2. The van der Waals surface area contributed by atoms with Crippen LogP contribution in [0.5, 0.6) is 0 Å². The molecule has 1 rings (SSSR count). The van der Waals surface area contributed by atoms with Crippen molar-refractivity contribution in [3.8, 4) is 0 Å². The average molecular weight is 164 g/mol. The smallest absolute Gasteiger partial charge is 0.363 e. The highest BCUT2D eigenvalue weighted by atomic mass is 19.4. The Morgan fingerprint density at radius 3 is 2.45 bits per heavy atom. The summed E-state index contributed by atoms with van der Waals surface area (Å²) in [5, 5.41) is 0. The van der Waals surface area contributed by atoms with Crippen LogP contribution >= 0.6 is 0 Å². The van der Waals surface area contributed by atoms with Crippen LogP contribution in [0, 0.1) is 0 Å². The van der Waals surface area contributed by atoms with Crippen molar-refractivity contribution in [2.24, 2.45) is 5.73 Å². The summed E-state index contributed by atoms with van der Waals surface area (Å²) >= 11 is 0. The van der Waals surface area contributed by atoms with Gasteiger partial charge in [-0.15, -0.1) is 0 Å². The molecule has 0 aliphatic rings. The fraction of sp³-hybridized carbons (Fsp3) is 0.333. The number of H-pyrrole nitrogens is 1. The van der Waals surface area contributed by atoms with Crippen molar-refractivity contribution in [1.82, 2.24) is 4.98 Å². The number of alkyl halides is 3. The second kappa shape index (κ2) is 2.58. The molecule has 11 heavy (non-hydrogen) atoms. The monoisotopic (exact) mass is 164 g/mol. The molecule has 0 saturated carbocycles. The number of hydrogen-bond acceptors (Lipinski definition) is 1. The lowest BCUT2D eigenvalue weighted by molar-refractivity contribution is -0.149. The highest BCUT2D eigenvalue weighted by molar-refractivity contribution is 5.10. The van der Waals surface area contributed by atoms with Gasteiger partial charge < -0.3 is 10.7 Å². The van der Waals surface area contributed by atoms with Gasteiger partial charge in [-0.05, 0) is 12.1 Å². The number of nitrogens with two attached hydrogens (primary N) is 1. The Hall–Kier alpha value is -0.970. The van der Waals surface area contributed by atoms with Crippen molar-refractivity contribution in [1.29, 1.82) is 0 Å². The maximum Gasteiger partial charge on any atom is 0.409 e. The maximum atomic E-state index is 11.9. The molecule has 0 aliphatic carbocycles. The Labute approximate surface area is 61.2 Å². The predicted octanol–water partition coefficient (Wildman–Crippen LogP) is 1.58. The molecule has 0 aliphatic heterocycles. The molecule has 0 spiro atoms. The van der Waals surface area contributed by atoms with Gasteiger partial charge in [0.2, 0.25) is 0 Å². The zero-order valence-corrected chi connectivity index (χ0v) is 5.52. The van der Waals surface area contributed by atoms with Crippen molar-refractivity contribution in [2.45, 2.75) is 12.2 Å². The standard InChI is InChI=1S/C6H7F3N2/c7-6(8,9)5(10)4-2-1-3-11-4/h1-3,5,11H,10H2/t5-/m0/s1. The van der Waals surface area contributed by atoms with Crippen molar-refractivity contribution in [3.63, 3.8) is 0 Å². The fourth-order valence-corrected chi connectivity index (χ4v) is 0.714. The minimum Gasteiger partial charge on any atom is -0.363 e. The van der Waals surface area contributed by atoms with Crippen LogP contribution in [0.2, 0.25) is 0 Å². The maximum absolute atomic E-state index is 11.9. The summed E-state index contributed by atoms with van der Waals surface area (Å²) in [6.07, 6.45) is -2.97. The molecule has 1 heterocycles. The van der Waals surface area contributed by atoms with Crippen LogP contribution in [0.25, 0.3) is 0 Å². The van der Waals surface area contributed by atoms with E-state index in [4.69, 9.17) is 5.73 Å². The largest absolute Gasteiger partial charge is 0.409 e. The van der Waals surface area contributed by atoms with E-state index < -0.39 is 12.2 Å². The fourth-order valence-electron chi connectivity index (χ4n) is 0.714. The number of rotatable bonds is 1. The summed E-state index contributed by atoms with van der Waals surface area (Å²) < 4.78 is 35.6. The van der Waals surface area contributed by atoms with E-state index in [2.05, 4.69) is 4.98 Å². The first kappa shape index (κ1) is 8.13. The molecule has 1 aromatic heterocycles. The van der Waals surface area contributed by atoms with Gasteiger partial charge in [-0.1, -0.05) is 0 Å². The Kier molecular flexibility index (Phi) is 1.90. The molecule has 1 atom stereocenters. The molecule has 3 N–H and O–H groups in total. The predicted molar refractivity (Wildman–Crippen MR) is 33.8 cm³/mol. The summed E-state index contributed by atoms with van der Waals surface area (Å²) in [6.45, 7) is 0. The Morgan fingerprint density at radius 1 is 1.45 bits per heavy atom. The van der Waals surface area contributed by atoms with Gasteiger partial charge in [0.1, 0.15) is 6.04 Å². The van der Waals surface area contributed by atoms with E-state index >= 15 is 0 Å². The van der Waals surface area contributed by atoms with E-state index in [1.165, 1.54) is 18.3 Å². The molecule has 5 heteroatoms. The van der Waals surface area contributed by atoms with Crippen LogP contribution in [0.3, 0.4) is 0 Å². The van der Waals surface area contributed by atoms with Crippen molar-refractivity contribution < 1.29 is 13.2 Å². The van der Waals surface area contributed by atoms with Gasteiger partial charge in [0.15, 0.2) is 0 Å². The molecule has 1 aromatic rings. The molecule has 0 saturated heterocycles. The molecule has 0 fully saturated rings. The second-order valence-corrected chi connectivity index (χ2v) is 2.14. The average Bonchev–Trinajstić information content (AvgIpc) is 2.34. The van der Waals surface area contributed by atoms with E-state index in [1.54, 1.807) is 0 Å². The van der Waals surface area contributed by atoms with Gasteiger partial charge in [0.25, 0.3) is 0 Å². The summed E-state index contributed by atoms with van der Waals surface area (Å²) in [4.78, 5) is 2.40. The third-order valence-corrected chi connectivity index (χ3v) is 1.31. The van der Waals surface area contributed by atoms with E-state index in [0.29, 0.717) is 0 Å². The summed E-state index contributed by atoms with van der Waals surface area (Å²) in [7, 11) is 0. The summed E-state index contributed by atoms with van der Waals surface area (Å²) in [5.74, 6) is 0. The third-order valence-electron chi connectivity index (χ3n) is 1.31. The highest BCUT2D eigenvalue weighted by Gasteiger charge is 2.38. The molecular weight excluding hydrogens is 157 g/mol. The van der Waals surface area contributed by atoms with Gasteiger partial charge in [-0.2, -0.15) is 13.2 Å². The summed E-state index contributed by atoms with van der Waals surface area (Å²) in [6, 6.07) is 0.872. The van der Waals surface area contributed by atoms with E-state index in [0.717, 1.165) is 0 Å². The minimum absolute atomic E-state index is 0.0162. The van der Waals surface area contributed by atoms with Gasteiger partial charge in [0.05, 0.1) is 0 Å². The van der Waals surface area contributed by atoms with E-state index in [9.17, 15) is 13.2 Å². The van der Waals surface area contributed by atoms with Crippen molar-refractivity contribution >= 4 is 0 Å². The highest BCUT2D eigenvalue weighted by Crippen LogP contribution is 2.28. The molecule has 62 valence electrons. The first-order valence-corrected chi connectivity index (χ1v) is 2.97. The normalized spacial score (nSPS) is 14.9. The lowest BCUT2D eigenvalue weighted by Gasteiger charge is -2.13. The SMILES string of the molecule is N[C@@H](c1ccc[nH]1)C(F)(F)F. The molecule has 2 nitrogen and oxygen atoms in total. The first-order chi connectivity index (χ1) is 5.02. The van der Waals surface area contributed by atoms with Crippen LogP contribution in [0.1, 0.15) is 11.7 Å². The van der Waals surface area contributed by atoms with Gasteiger partial charge >= 0.3 is 6.18 Å². The molecule has 0 bridgehead atoms. The van der Waals surface area contributed by atoms with Crippen LogP contribution < -0.4 is 5.73 Å². The number of aromatic amines is 1. The van der Waals surface area contributed by atoms with E-state index in [1.807, 2.05) is 0 Å². The molecule has 0 radical (unpaired) electrons. The van der Waals surface area contributed by atoms with Crippen LogP contribution in [-0.2, 0) is 0 Å². The van der Waals surface area contributed by atoms with Gasteiger partial charge in [-0.25, -0.2) is 0 Å². The van der Waals surface area contributed by atoms with Crippen LogP contribution in [0.15, 0.2) is 18.3 Å². The first-order valence-electron chi connectivity index (χ1n) is 2.97. The summed E-state index contributed by atoms with van der Waals surface area (Å²) in [5.41, 5.74) is 4.84. The molecule has 0 aromatic carbocycles. The lowest BCUT2D eigenvalue weighted by atomic mass is 10.2. The topological polar surface area (TPSA) is 41.8 Å². The van der Waals surface area contributed by atoms with Crippen LogP contribution in [0.4, 0.5) is 13.2 Å². The molecule has 0 amide bonds. The molecular formula is C6H7F3N2. The Morgan fingerprint density at radius 2 is 2.09 bits per heavy atom. The lowest BCUT2D eigenvalue weighted by Crippen LogP contribution is -2.28. The minimum atomic E-state index is -4.37. The number of nitrogens with one attached hydrogen (secondary N) is 1. The Balaban J connectivity index is 2.78. The van der Waals surface area contributed by atoms with Gasteiger partial charge in [0, 0.05) is 11.9 Å². The number of aromatic nitrogens is 1. The van der Waals surface area contributed by atoms with Crippen LogP contribution in [-0.4, -0.2) is 11.2 Å². The quantitative estimate of drug-likeness (QED) is 0.650. The van der Waals surface area contributed by atoms with Crippen molar-refractivity contribution in [2.75, 3.05) is 0 Å². The Bertz CT molecular complexity index is 214. The third kappa shape index (κ3) is 1.74. The van der Waals surface area contributed by atoms with Crippen molar-refractivity contribution in [3.05, 3.63) is 24.0 Å². The zero-order chi connectivity index (χ0) is 8.48. The second-order valence-electron chi connectivity index (χ2n) is 2.14. The van der Waals surface area contributed by atoms with E-state index in [-0.39, 0.29) is 5.69 Å². The number of halogens is 3. The zero-order valence-electron chi connectivity index (χ0n) is 5.52. The molecule has 0 unspecified atom stereocenters.